The van der Waals surface area contributed by atoms with Crippen LogP contribution in [0.3, 0.4) is 0 Å². The minimum Gasteiger partial charge on any atom is -0.380 e. The Bertz CT molecular complexity index is 383. The van der Waals surface area contributed by atoms with Crippen molar-refractivity contribution < 1.29 is 4.74 Å². The molecular formula is C15H25N3O. The van der Waals surface area contributed by atoms with Gasteiger partial charge >= 0.3 is 0 Å². The van der Waals surface area contributed by atoms with Gasteiger partial charge in [-0.15, -0.1) is 0 Å². The Hall–Kier alpha value is -1.13. The molecule has 1 aliphatic heterocycles. The summed E-state index contributed by atoms with van der Waals surface area (Å²) in [5.74, 6) is 1.08. The van der Waals surface area contributed by atoms with Crippen LogP contribution in [0.2, 0.25) is 0 Å². The molecule has 0 bridgehead atoms. The number of ether oxygens (including phenoxy) is 1. The van der Waals surface area contributed by atoms with Gasteiger partial charge in [-0.1, -0.05) is 13.0 Å². The van der Waals surface area contributed by atoms with Gasteiger partial charge in [-0.05, 0) is 37.9 Å². The number of hydrogen-bond acceptors (Lipinski definition) is 4. The van der Waals surface area contributed by atoms with Crippen molar-refractivity contribution in [2.75, 3.05) is 31.6 Å². The van der Waals surface area contributed by atoms with Gasteiger partial charge in [0.15, 0.2) is 0 Å². The van der Waals surface area contributed by atoms with Gasteiger partial charge in [0.1, 0.15) is 5.82 Å². The van der Waals surface area contributed by atoms with E-state index in [1.54, 1.807) is 7.11 Å². The highest BCUT2D eigenvalue weighted by atomic mass is 16.5. The third kappa shape index (κ3) is 4.18. The van der Waals surface area contributed by atoms with Crippen molar-refractivity contribution in [1.82, 2.24) is 10.3 Å². The largest absolute Gasteiger partial charge is 0.380 e. The van der Waals surface area contributed by atoms with Crippen LogP contribution < -0.4 is 10.2 Å². The summed E-state index contributed by atoms with van der Waals surface area (Å²) < 4.78 is 5.47. The fraction of sp³-hybridized carbons (Fsp3) is 0.667. The Labute approximate surface area is 116 Å². The van der Waals surface area contributed by atoms with Crippen LogP contribution in [0.4, 0.5) is 5.82 Å². The average molecular weight is 263 g/mol. The van der Waals surface area contributed by atoms with Gasteiger partial charge in [0.25, 0.3) is 0 Å². The molecule has 19 heavy (non-hydrogen) atoms. The normalized spacial score (nSPS) is 19.7. The molecule has 1 aliphatic rings. The summed E-state index contributed by atoms with van der Waals surface area (Å²) in [6.07, 6.45) is 3.84. The van der Waals surface area contributed by atoms with Gasteiger partial charge in [-0.2, -0.15) is 0 Å². The predicted molar refractivity (Wildman–Crippen MR) is 78.5 cm³/mol. The smallest absolute Gasteiger partial charge is 0.128 e. The molecule has 1 atom stereocenters. The standard InChI is InChI=1S/C15H25N3O/c1-3-9-16-11-13-6-4-8-15(17-13)18-10-5-7-14(12-18)19-2/h4,6,8,14,16H,3,5,7,9-12H2,1-2H3. The third-order valence-corrected chi connectivity index (χ3v) is 3.56. The van der Waals surface area contributed by atoms with E-state index in [9.17, 15) is 0 Å². The Kier molecular flexibility index (Phi) is 5.61. The van der Waals surface area contributed by atoms with Crippen LogP contribution in [0.15, 0.2) is 18.2 Å². The Morgan fingerprint density at radius 2 is 2.37 bits per heavy atom. The number of anilines is 1. The van der Waals surface area contributed by atoms with E-state index in [2.05, 4.69) is 35.3 Å². The minimum absolute atomic E-state index is 0.345. The lowest BCUT2D eigenvalue weighted by Crippen LogP contribution is -2.39. The predicted octanol–water partition coefficient (Wildman–Crippen LogP) is 2.20. The molecule has 4 nitrogen and oxygen atoms in total. The topological polar surface area (TPSA) is 37.4 Å². The van der Waals surface area contributed by atoms with E-state index in [1.165, 1.54) is 6.42 Å². The molecule has 1 unspecified atom stereocenters. The number of aromatic nitrogens is 1. The molecule has 0 amide bonds. The van der Waals surface area contributed by atoms with E-state index in [-0.39, 0.29) is 0 Å². The number of nitrogens with zero attached hydrogens (tertiary/aromatic N) is 2. The van der Waals surface area contributed by atoms with Crippen LogP contribution in [-0.4, -0.2) is 37.8 Å². The molecule has 1 aromatic rings. The molecule has 1 saturated heterocycles. The second-order valence-electron chi connectivity index (χ2n) is 5.11. The zero-order valence-corrected chi connectivity index (χ0v) is 12.1. The Morgan fingerprint density at radius 1 is 1.47 bits per heavy atom. The molecule has 2 heterocycles. The first-order valence-corrected chi connectivity index (χ1v) is 7.28. The van der Waals surface area contributed by atoms with Crippen molar-refractivity contribution in [2.45, 2.75) is 38.8 Å². The highest BCUT2D eigenvalue weighted by molar-refractivity contribution is 5.40. The molecule has 1 fully saturated rings. The van der Waals surface area contributed by atoms with Gasteiger partial charge in [0, 0.05) is 26.7 Å². The maximum atomic E-state index is 5.47. The van der Waals surface area contributed by atoms with E-state index < -0.39 is 0 Å². The van der Waals surface area contributed by atoms with Crippen molar-refractivity contribution >= 4 is 5.82 Å². The minimum atomic E-state index is 0.345. The van der Waals surface area contributed by atoms with E-state index >= 15 is 0 Å². The summed E-state index contributed by atoms with van der Waals surface area (Å²) in [4.78, 5) is 7.08. The SMILES string of the molecule is CCCNCc1cccc(N2CCCC(OC)C2)n1. The maximum absolute atomic E-state index is 5.47. The molecule has 0 saturated carbocycles. The molecular weight excluding hydrogens is 238 g/mol. The maximum Gasteiger partial charge on any atom is 0.128 e. The van der Waals surface area contributed by atoms with Gasteiger partial charge in [-0.25, -0.2) is 4.98 Å². The third-order valence-electron chi connectivity index (χ3n) is 3.56. The molecule has 1 N–H and O–H groups in total. The number of methoxy groups -OCH3 is 1. The molecule has 4 heteroatoms. The fourth-order valence-corrected chi connectivity index (χ4v) is 2.47. The van der Waals surface area contributed by atoms with Crippen LogP contribution in [-0.2, 0) is 11.3 Å². The zero-order valence-electron chi connectivity index (χ0n) is 12.1. The summed E-state index contributed by atoms with van der Waals surface area (Å²) in [5, 5.41) is 3.40. The lowest BCUT2D eigenvalue weighted by atomic mass is 10.1. The van der Waals surface area contributed by atoms with Crippen LogP contribution in [0.1, 0.15) is 31.9 Å². The van der Waals surface area contributed by atoms with Gasteiger partial charge in [0.2, 0.25) is 0 Å². The van der Waals surface area contributed by atoms with Crippen molar-refractivity contribution in [2.24, 2.45) is 0 Å². The number of hydrogen-bond donors (Lipinski definition) is 1. The molecule has 0 aliphatic carbocycles. The highest BCUT2D eigenvalue weighted by Gasteiger charge is 2.20. The lowest BCUT2D eigenvalue weighted by Gasteiger charge is -2.32. The fourth-order valence-electron chi connectivity index (χ4n) is 2.47. The molecule has 106 valence electrons. The average Bonchev–Trinajstić information content (AvgIpc) is 2.48. The summed E-state index contributed by atoms with van der Waals surface area (Å²) in [7, 11) is 1.80. The highest BCUT2D eigenvalue weighted by Crippen LogP contribution is 2.19. The first kappa shape index (κ1) is 14.3. The second kappa shape index (κ2) is 7.46. The van der Waals surface area contributed by atoms with Gasteiger partial charge < -0.3 is 15.0 Å². The molecule has 0 aromatic carbocycles. The van der Waals surface area contributed by atoms with Crippen LogP contribution in [0.25, 0.3) is 0 Å². The first-order chi connectivity index (χ1) is 9.33. The van der Waals surface area contributed by atoms with Crippen molar-refractivity contribution in [1.29, 1.82) is 0 Å². The summed E-state index contributed by atoms with van der Waals surface area (Å²) in [6, 6.07) is 6.28. The van der Waals surface area contributed by atoms with Gasteiger partial charge in [0.05, 0.1) is 11.8 Å². The number of pyridine rings is 1. The Balaban J connectivity index is 1.97. The second-order valence-corrected chi connectivity index (χ2v) is 5.11. The van der Waals surface area contributed by atoms with Gasteiger partial charge in [-0.3, -0.25) is 0 Å². The summed E-state index contributed by atoms with van der Waals surface area (Å²) >= 11 is 0. The number of piperidine rings is 1. The molecule has 1 aromatic heterocycles. The molecule has 0 spiro atoms. The van der Waals surface area contributed by atoms with Crippen LogP contribution in [0.5, 0.6) is 0 Å². The van der Waals surface area contributed by atoms with E-state index in [0.717, 1.165) is 50.5 Å². The van der Waals surface area contributed by atoms with E-state index in [4.69, 9.17) is 9.72 Å². The van der Waals surface area contributed by atoms with Crippen LogP contribution in [0, 0.1) is 0 Å². The zero-order chi connectivity index (χ0) is 13.5. The number of nitrogens with one attached hydrogen (secondary N) is 1. The summed E-state index contributed by atoms with van der Waals surface area (Å²) in [6.45, 7) is 6.11. The van der Waals surface area contributed by atoms with Crippen LogP contribution >= 0.6 is 0 Å². The van der Waals surface area contributed by atoms with E-state index in [0.29, 0.717) is 6.10 Å². The van der Waals surface area contributed by atoms with Crippen molar-refractivity contribution in [3.05, 3.63) is 23.9 Å². The monoisotopic (exact) mass is 263 g/mol. The molecule has 2 rings (SSSR count). The Morgan fingerprint density at radius 3 is 3.16 bits per heavy atom. The number of rotatable bonds is 6. The summed E-state index contributed by atoms with van der Waals surface area (Å²) in [5.41, 5.74) is 1.12. The van der Waals surface area contributed by atoms with Crippen molar-refractivity contribution in [3.8, 4) is 0 Å². The van der Waals surface area contributed by atoms with Crippen molar-refractivity contribution in [3.63, 3.8) is 0 Å². The quantitative estimate of drug-likeness (QED) is 0.798. The first-order valence-electron chi connectivity index (χ1n) is 7.28. The lowest BCUT2D eigenvalue weighted by molar-refractivity contribution is 0.0891. The van der Waals surface area contributed by atoms with E-state index in [1.807, 2.05) is 0 Å². The molecule has 0 radical (unpaired) electrons.